The van der Waals surface area contributed by atoms with Crippen molar-refractivity contribution in [1.82, 2.24) is 9.97 Å². The van der Waals surface area contributed by atoms with Crippen molar-refractivity contribution in [2.75, 3.05) is 18.5 Å². The zero-order valence-corrected chi connectivity index (χ0v) is 10.8. The van der Waals surface area contributed by atoms with E-state index in [0.29, 0.717) is 0 Å². The zero-order valence-electron chi connectivity index (χ0n) is 10.8. The van der Waals surface area contributed by atoms with Crippen LogP contribution in [0.4, 0.5) is 5.82 Å². The maximum Gasteiger partial charge on any atom is 0.150 e. The minimum Gasteiger partial charge on any atom is -0.358 e. The van der Waals surface area contributed by atoms with Crippen LogP contribution in [0, 0.1) is 6.92 Å². The van der Waals surface area contributed by atoms with Crippen molar-refractivity contribution in [3.8, 4) is 0 Å². The second-order valence-corrected chi connectivity index (χ2v) is 3.15. The van der Waals surface area contributed by atoms with Crippen LogP contribution >= 0.6 is 0 Å². The van der Waals surface area contributed by atoms with Crippen LogP contribution in [0.15, 0.2) is 6.20 Å². The quantitative estimate of drug-likeness (QED) is 0.766. The Morgan fingerprint density at radius 3 is 2.33 bits per heavy atom. The lowest BCUT2D eigenvalue weighted by atomic mass is 10.3. The Kier molecular flexibility index (Phi) is 6.67. The molecule has 0 saturated carbocycles. The van der Waals surface area contributed by atoms with Gasteiger partial charge in [-0.3, -0.25) is 4.98 Å². The molecule has 0 atom stereocenters. The average Bonchev–Trinajstić information content (AvgIpc) is 2.30. The smallest absolute Gasteiger partial charge is 0.150 e. The van der Waals surface area contributed by atoms with Gasteiger partial charge >= 0.3 is 0 Å². The lowest BCUT2D eigenvalue weighted by Crippen LogP contribution is -2.20. The standard InChI is InChI=1S/C10H17N3.C2H6/c1-5-9-10(13(4)6-2)12-8(3)7-11-9;1-2/h7H,5-6H2,1-4H3;1-2H3. The second-order valence-electron chi connectivity index (χ2n) is 3.15. The van der Waals surface area contributed by atoms with E-state index in [1.807, 2.05) is 34.0 Å². The summed E-state index contributed by atoms with van der Waals surface area (Å²) in [5.74, 6) is 1.02. The lowest BCUT2D eigenvalue weighted by molar-refractivity contribution is 0.877. The van der Waals surface area contributed by atoms with Gasteiger partial charge in [-0.25, -0.2) is 4.98 Å². The molecule has 0 aliphatic rings. The molecule has 15 heavy (non-hydrogen) atoms. The van der Waals surface area contributed by atoms with Crippen molar-refractivity contribution in [2.45, 2.75) is 41.0 Å². The fourth-order valence-electron chi connectivity index (χ4n) is 1.19. The highest BCUT2D eigenvalue weighted by Crippen LogP contribution is 2.14. The van der Waals surface area contributed by atoms with Gasteiger partial charge in [0, 0.05) is 19.8 Å². The molecular formula is C12H23N3. The summed E-state index contributed by atoms with van der Waals surface area (Å²) in [7, 11) is 2.04. The molecule has 1 heterocycles. The summed E-state index contributed by atoms with van der Waals surface area (Å²) in [6.07, 6.45) is 2.76. The molecule has 0 unspecified atom stereocenters. The second kappa shape index (κ2) is 7.21. The van der Waals surface area contributed by atoms with Crippen LogP contribution in [0.1, 0.15) is 39.1 Å². The number of aromatic nitrogens is 2. The fraction of sp³-hybridized carbons (Fsp3) is 0.667. The summed E-state index contributed by atoms with van der Waals surface area (Å²) < 4.78 is 0. The molecule has 1 aromatic heterocycles. The van der Waals surface area contributed by atoms with E-state index in [9.17, 15) is 0 Å². The third kappa shape index (κ3) is 3.86. The lowest BCUT2D eigenvalue weighted by Gasteiger charge is -2.18. The molecule has 3 nitrogen and oxygen atoms in total. The molecule has 0 radical (unpaired) electrons. The summed E-state index contributed by atoms with van der Waals surface area (Å²) in [4.78, 5) is 11.0. The van der Waals surface area contributed by atoms with Crippen LogP contribution in [0.25, 0.3) is 0 Å². The molecule has 0 spiro atoms. The van der Waals surface area contributed by atoms with Gasteiger partial charge in [0.15, 0.2) is 0 Å². The van der Waals surface area contributed by atoms with Gasteiger partial charge in [-0.05, 0) is 20.3 Å². The van der Waals surface area contributed by atoms with E-state index >= 15 is 0 Å². The first kappa shape index (κ1) is 13.9. The summed E-state index contributed by atoms with van der Waals surface area (Å²) in [6, 6.07) is 0. The Hall–Kier alpha value is -1.12. The molecule has 1 rings (SSSR count). The summed E-state index contributed by atoms with van der Waals surface area (Å²) in [5, 5.41) is 0. The first-order chi connectivity index (χ1) is 7.19. The van der Waals surface area contributed by atoms with Crippen LogP contribution in [0.3, 0.4) is 0 Å². The average molecular weight is 209 g/mol. The number of aryl methyl sites for hydroxylation is 2. The number of anilines is 1. The Bertz CT molecular complexity index is 284. The van der Waals surface area contributed by atoms with Crippen molar-refractivity contribution in [2.24, 2.45) is 0 Å². The topological polar surface area (TPSA) is 29.0 Å². The molecule has 0 saturated heterocycles. The highest BCUT2D eigenvalue weighted by Gasteiger charge is 2.07. The number of rotatable bonds is 3. The van der Waals surface area contributed by atoms with Gasteiger partial charge < -0.3 is 4.90 Å². The van der Waals surface area contributed by atoms with Gasteiger partial charge in [-0.2, -0.15) is 0 Å². The predicted molar refractivity (Wildman–Crippen MR) is 66.4 cm³/mol. The van der Waals surface area contributed by atoms with Crippen molar-refractivity contribution in [3.63, 3.8) is 0 Å². The molecular weight excluding hydrogens is 186 g/mol. The summed E-state index contributed by atoms with van der Waals surface area (Å²) in [6.45, 7) is 11.2. The third-order valence-corrected chi connectivity index (χ3v) is 2.12. The highest BCUT2D eigenvalue weighted by atomic mass is 15.2. The number of hydrogen-bond acceptors (Lipinski definition) is 3. The maximum atomic E-state index is 4.48. The molecule has 0 fully saturated rings. The highest BCUT2D eigenvalue weighted by molar-refractivity contribution is 5.42. The van der Waals surface area contributed by atoms with Gasteiger partial charge in [0.2, 0.25) is 0 Å². The van der Waals surface area contributed by atoms with Gasteiger partial charge in [-0.1, -0.05) is 20.8 Å². The Morgan fingerprint density at radius 2 is 1.87 bits per heavy atom. The van der Waals surface area contributed by atoms with Crippen LogP contribution < -0.4 is 4.90 Å². The van der Waals surface area contributed by atoms with Crippen LogP contribution in [-0.4, -0.2) is 23.6 Å². The first-order valence-electron chi connectivity index (χ1n) is 5.72. The van der Waals surface area contributed by atoms with Crippen LogP contribution in [0.5, 0.6) is 0 Å². The molecule has 0 aromatic carbocycles. The number of nitrogens with zero attached hydrogens (tertiary/aromatic N) is 3. The molecule has 0 aliphatic carbocycles. The normalized spacial score (nSPS) is 9.20. The monoisotopic (exact) mass is 209 g/mol. The minimum atomic E-state index is 0.937. The van der Waals surface area contributed by atoms with Crippen molar-refractivity contribution >= 4 is 5.82 Å². The molecule has 0 amide bonds. The first-order valence-corrected chi connectivity index (χ1v) is 5.72. The summed E-state index contributed by atoms with van der Waals surface area (Å²) in [5.41, 5.74) is 2.06. The van der Waals surface area contributed by atoms with E-state index in [1.54, 1.807) is 0 Å². The molecule has 86 valence electrons. The molecule has 1 aromatic rings. The van der Waals surface area contributed by atoms with Gasteiger partial charge in [0.05, 0.1) is 11.4 Å². The molecule has 0 N–H and O–H groups in total. The molecule has 0 aliphatic heterocycles. The largest absolute Gasteiger partial charge is 0.358 e. The van der Waals surface area contributed by atoms with Crippen LogP contribution in [-0.2, 0) is 6.42 Å². The minimum absolute atomic E-state index is 0.937. The Labute approximate surface area is 93.6 Å². The van der Waals surface area contributed by atoms with E-state index < -0.39 is 0 Å². The molecule has 0 bridgehead atoms. The van der Waals surface area contributed by atoms with Crippen molar-refractivity contribution in [3.05, 3.63) is 17.6 Å². The van der Waals surface area contributed by atoms with Gasteiger partial charge in [0.25, 0.3) is 0 Å². The van der Waals surface area contributed by atoms with Crippen molar-refractivity contribution in [1.29, 1.82) is 0 Å². The fourth-order valence-corrected chi connectivity index (χ4v) is 1.19. The van der Waals surface area contributed by atoms with E-state index in [4.69, 9.17) is 0 Å². The third-order valence-electron chi connectivity index (χ3n) is 2.12. The van der Waals surface area contributed by atoms with Gasteiger partial charge in [0.1, 0.15) is 5.82 Å². The van der Waals surface area contributed by atoms with E-state index in [1.165, 1.54) is 0 Å². The van der Waals surface area contributed by atoms with E-state index in [-0.39, 0.29) is 0 Å². The Balaban J connectivity index is 0.000000921. The van der Waals surface area contributed by atoms with E-state index in [0.717, 1.165) is 30.2 Å². The predicted octanol–water partition coefficient (Wildman–Crippen LogP) is 2.83. The van der Waals surface area contributed by atoms with E-state index in [2.05, 4.69) is 28.7 Å². The number of hydrogen-bond donors (Lipinski definition) is 0. The summed E-state index contributed by atoms with van der Waals surface area (Å²) >= 11 is 0. The van der Waals surface area contributed by atoms with Gasteiger partial charge in [-0.15, -0.1) is 0 Å². The maximum absolute atomic E-state index is 4.48. The van der Waals surface area contributed by atoms with Crippen molar-refractivity contribution < 1.29 is 0 Å². The SMILES string of the molecule is CC.CCc1ncc(C)nc1N(C)CC. The Morgan fingerprint density at radius 1 is 1.27 bits per heavy atom. The molecule has 3 heteroatoms. The van der Waals surface area contributed by atoms with Crippen LogP contribution in [0.2, 0.25) is 0 Å². The zero-order chi connectivity index (χ0) is 11.8.